The second-order valence-electron chi connectivity index (χ2n) is 7.43. The number of amides is 3. The minimum atomic E-state index is -0.549. The zero-order valence-corrected chi connectivity index (χ0v) is 17.3. The summed E-state index contributed by atoms with van der Waals surface area (Å²) < 4.78 is 5.21. The molecule has 0 saturated heterocycles. The van der Waals surface area contributed by atoms with Gasteiger partial charge < -0.3 is 20.7 Å². The van der Waals surface area contributed by atoms with Gasteiger partial charge in [0.15, 0.2) is 0 Å². The van der Waals surface area contributed by atoms with E-state index in [9.17, 15) is 9.59 Å². The standard InChI is InChI=1S/C21H26ClN3O3/c1-14(16-8-10-17(22)11-9-16)24-19(26)25-18-7-5-6-15(12-18)13-23-20(27)28-21(2,3)4/h5-12,14H,13H2,1-4H3,(H,23,27)(H2,24,25,26). The van der Waals surface area contributed by atoms with Gasteiger partial charge >= 0.3 is 12.1 Å². The van der Waals surface area contributed by atoms with E-state index in [4.69, 9.17) is 16.3 Å². The second kappa shape index (κ2) is 9.46. The maximum Gasteiger partial charge on any atom is 0.407 e. The molecule has 1 unspecified atom stereocenters. The molecule has 0 fully saturated rings. The van der Waals surface area contributed by atoms with E-state index < -0.39 is 11.7 Å². The second-order valence-corrected chi connectivity index (χ2v) is 7.86. The van der Waals surface area contributed by atoms with Gasteiger partial charge in [-0.3, -0.25) is 0 Å². The van der Waals surface area contributed by atoms with Crippen molar-refractivity contribution < 1.29 is 14.3 Å². The van der Waals surface area contributed by atoms with Crippen LogP contribution in [-0.2, 0) is 11.3 Å². The Kier molecular flexibility index (Phi) is 7.29. The highest BCUT2D eigenvalue weighted by Crippen LogP contribution is 2.17. The molecule has 2 aromatic carbocycles. The van der Waals surface area contributed by atoms with Gasteiger partial charge in [-0.15, -0.1) is 0 Å². The van der Waals surface area contributed by atoms with Crippen LogP contribution in [0.4, 0.5) is 15.3 Å². The predicted molar refractivity (Wildman–Crippen MR) is 112 cm³/mol. The van der Waals surface area contributed by atoms with Gasteiger partial charge in [-0.25, -0.2) is 9.59 Å². The highest BCUT2D eigenvalue weighted by atomic mass is 35.5. The summed E-state index contributed by atoms with van der Waals surface area (Å²) in [7, 11) is 0. The lowest BCUT2D eigenvalue weighted by Gasteiger charge is -2.19. The molecule has 0 aliphatic heterocycles. The summed E-state index contributed by atoms with van der Waals surface area (Å²) in [5.74, 6) is 0. The Bertz CT molecular complexity index is 816. The molecule has 1 atom stereocenters. The number of alkyl carbamates (subject to hydrolysis) is 1. The number of rotatable bonds is 5. The van der Waals surface area contributed by atoms with Crippen LogP contribution in [0.25, 0.3) is 0 Å². The topological polar surface area (TPSA) is 79.5 Å². The molecule has 0 heterocycles. The average Bonchev–Trinajstić information content (AvgIpc) is 2.59. The Morgan fingerprint density at radius 2 is 1.79 bits per heavy atom. The minimum absolute atomic E-state index is 0.172. The van der Waals surface area contributed by atoms with Crippen LogP contribution in [0.5, 0.6) is 0 Å². The van der Waals surface area contributed by atoms with Crippen molar-refractivity contribution >= 4 is 29.4 Å². The Morgan fingerprint density at radius 1 is 1.11 bits per heavy atom. The molecule has 0 spiro atoms. The maximum atomic E-state index is 12.3. The fourth-order valence-electron chi connectivity index (χ4n) is 2.45. The van der Waals surface area contributed by atoms with Crippen LogP contribution < -0.4 is 16.0 Å². The van der Waals surface area contributed by atoms with E-state index >= 15 is 0 Å². The van der Waals surface area contributed by atoms with Crippen molar-refractivity contribution in [2.75, 3.05) is 5.32 Å². The molecule has 3 amide bonds. The quantitative estimate of drug-likeness (QED) is 0.638. The van der Waals surface area contributed by atoms with Crippen molar-refractivity contribution in [3.05, 3.63) is 64.7 Å². The summed E-state index contributed by atoms with van der Waals surface area (Å²) in [5, 5.41) is 9.02. The molecule has 0 aliphatic carbocycles. The van der Waals surface area contributed by atoms with Crippen molar-refractivity contribution in [3.8, 4) is 0 Å². The number of hydrogen-bond acceptors (Lipinski definition) is 3. The molecule has 28 heavy (non-hydrogen) atoms. The van der Waals surface area contributed by atoms with E-state index in [0.717, 1.165) is 11.1 Å². The van der Waals surface area contributed by atoms with Crippen molar-refractivity contribution in [2.24, 2.45) is 0 Å². The molecule has 0 saturated carbocycles. The molecule has 7 heteroatoms. The van der Waals surface area contributed by atoms with Crippen molar-refractivity contribution in [2.45, 2.75) is 45.9 Å². The lowest BCUT2D eigenvalue weighted by atomic mass is 10.1. The molecule has 0 aromatic heterocycles. The van der Waals surface area contributed by atoms with Crippen molar-refractivity contribution in [1.29, 1.82) is 0 Å². The van der Waals surface area contributed by atoms with Crippen LogP contribution in [0.1, 0.15) is 44.9 Å². The lowest BCUT2D eigenvalue weighted by molar-refractivity contribution is 0.0523. The molecule has 2 aromatic rings. The van der Waals surface area contributed by atoms with E-state index in [0.29, 0.717) is 17.3 Å². The van der Waals surface area contributed by atoms with Crippen molar-refractivity contribution in [1.82, 2.24) is 10.6 Å². The first-order valence-electron chi connectivity index (χ1n) is 9.01. The number of halogens is 1. The summed E-state index contributed by atoms with van der Waals surface area (Å²) in [5.41, 5.74) is 1.88. The van der Waals surface area contributed by atoms with Crippen LogP contribution in [0, 0.1) is 0 Å². The van der Waals surface area contributed by atoms with Gasteiger partial charge in [-0.2, -0.15) is 0 Å². The number of nitrogens with one attached hydrogen (secondary N) is 3. The normalized spacial score (nSPS) is 12.0. The molecule has 0 aliphatic rings. The van der Waals surface area contributed by atoms with Crippen LogP contribution in [0.3, 0.4) is 0 Å². The van der Waals surface area contributed by atoms with E-state index in [1.165, 1.54) is 0 Å². The summed E-state index contributed by atoms with van der Waals surface area (Å²) in [6, 6.07) is 14.1. The average molecular weight is 404 g/mol. The summed E-state index contributed by atoms with van der Waals surface area (Å²) in [6.45, 7) is 7.61. The third kappa shape index (κ3) is 7.48. The number of anilines is 1. The Hall–Kier alpha value is -2.73. The number of urea groups is 1. The third-order valence-corrected chi connectivity index (χ3v) is 3.99. The van der Waals surface area contributed by atoms with Gasteiger partial charge in [0.1, 0.15) is 5.60 Å². The monoisotopic (exact) mass is 403 g/mol. The van der Waals surface area contributed by atoms with Gasteiger partial charge in [0, 0.05) is 17.3 Å². The summed E-state index contributed by atoms with van der Waals surface area (Å²) in [4.78, 5) is 24.0. The highest BCUT2D eigenvalue weighted by Gasteiger charge is 2.15. The van der Waals surface area contributed by atoms with Gasteiger partial charge in [-0.1, -0.05) is 35.9 Å². The lowest BCUT2D eigenvalue weighted by Crippen LogP contribution is -2.32. The smallest absolute Gasteiger partial charge is 0.407 e. The predicted octanol–water partition coefficient (Wildman–Crippen LogP) is 5.25. The first-order chi connectivity index (χ1) is 13.1. The molecular weight excluding hydrogens is 378 g/mol. The van der Waals surface area contributed by atoms with E-state index in [1.807, 2.05) is 31.2 Å². The van der Waals surface area contributed by atoms with Gasteiger partial charge in [0.05, 0.1) is 6.04 Å². The molecule has 6 nitrogen and oxygen atoms in total. The Morgan fingerprint density at radius 3 is 2.43 bits per heavy atom. The Labute approximate surface area is 170 Å². The fraction of sp³-hybridized carbons (Fsp3) is 0.333. The number of ether oxygens (including phenoxy) is 1. The first-order valence-corrected chi connectivity index (χ1v) is 9.39. The van der Waals surface area contributed by atoms with Crippen LogP contribution in [0.15, 0.2) is 48.5 Å². The van der Waals surface area contributed by atoms with Crippen LogP contribution in [-0.4, -0.2) is 17.7 Å². The molecule has 150 valence electrons. The zero-order chi connectivity index (χ0) is 20.7. The first kappa shape index (κ1) is 21.6. The summed E-state index contributed by atoms with van der Waals surface area (Å²) in [6.07, 6.45) is -0.486. The molecule has 2 rings (SSSR count). The molecule has 0 bridgehead atoms. The van der Waals surface area contributed by atoms with Gasteiger partial charge in [-0.05, 0) is 63.1 Å². The zero-order valence-electron chi connectivity index (χ0n) is 16.5. The minimum Gasteiger partial charge on any atom is -0.444 e. The number of carbonyl (C=O) groups is 2. The summed E-state index contributed by atoms with van der Waals surface area (Å²) >= 11 is 5.89. The van der Waals surface area contributed by atoms with Crippen LogP contribution in [0.2, 0.25) is 5.02 Å². The third-order valence-electron chi connectivity index (χ3n) is 3.74. The SMILES string of the molecule is CC(NC(=O)Nc1cccc(CNC(=O)OC(C)(C)C)c1)c1ccc(Cl)cc1. The van der Waals surface area contributed by atoms with E-state index in [1.54, 1.807) is 45.0 Å². The molecule has 3 N–H and O–H groups in total. The number of hydrogen-bond donors (Lipinski definition) is 3. The number of benzene rings is 2. The molecule has 0 radical (unpaired) electrons. The maximum absolute atomic E-state index is 12.3. The van der Waals surface area contributed by atoms with E-state index in [-0.39, 0.29) is 12.1 Å². The van der Waals surface area contributed by atoms with Crippen LogP contribution >= 0.6 is 11.6 Å². The number of carbonyl (C=O) groups excluding carboxylic acids is 2. The largest absolute Gasteiger partial charge is 0.444 e. The van der Waals surface area contributed by atoms with E-state index in [2.05, 4.69) is 16.0 Å². The fourth-order valence-corrected chi connectivity index (χ4v) is 2.57. The molecular formula is C21H26ClN3O3. The van der Waals surface area contributed by atoms with Gasteiger partial charge in [0.2, 0.25) is 0 Å². The van der Waals surface area contributed by atoms with Crippen molar-refractivity contribution in [3.63, 3.8) is 0 Å². The van der Waals surface area contributed by atoms with Gasteiger partial charge in [0.25, 0.3) is 0 Å². The highest BCUT2D eigenvalue weighted by molar-refractivity contribution is 6.30. The Balaban J connectivity index is 1.88.